The molecule has 1 aromatic rings. The molecule has 3 heteroatoms. The average molecular weight is 259 g/mol. The Bertz CT molecular complexity index is 410. The quantitative estimate of drug-likeness (QED) is 0.728. The molecule has 104 valence electrons. The zero-order valence-electron chi connectivity index (χ0n) is 11.9. The Kier molecular flexibility index (Phi) is 4.02. The number of hydrogen-bond donors (Lipinski definition) is 1. The van der Waals surface area contributed by atoms with E-state index in [0.717, 1.165) is 25.0 Å². The molecule has 3 rings (SSSR count). The summed E-state index contributed by atoms with van der Waals surface area (Å²) in [6, 6.07) is 5.18. The second kappa shape index (κ2) is 5.91. The van der Waals surface area contributed by atoms with Gasteiger partial charge in [0.1, 0.15) is 5.82 Å². The van der Waals surface area contributed by atoms with Crippen LogP contribution in [-0.4, -0.2) is 24.1 Å². The first-order chi connectivity index (χ1) is 9.36. The van der Waals surface area contributed by atoms with Crippen LogP contribution in [0.4, 0.5) is 5.82 Å². The summed E-state index contributed by atoms with van der Waals surface area (Å²) in [6.45, 7) is 5.48. The van der Waals surface area contributed by atoms with Gasteiger partial charge in [0.25, 0.3) is 0 Å². The zero-order chi connectivity index (χ0) is 13.1. The highest BCUT2D eigenvalue weighted by atomic mass is 15.2. The molecule has 19 heavy (non-hydrogen) atoms. The van der Waals surface area contributed by atoms with Crippen LogP contribution >= 0.6 is 0 Å². The van der Waals surface area contributed by atoms with Crippen molar-refractivity contribution >= 4 is 5.82 Å². The lowest BCUT2D eigenvalue weighted by Gasteiger charge is -2.24. The first-order valence-electron chi connectivity index (χ1n) is 7.79. The maximum atomic E-state index is 4.61. The van der Waals surface area contributed by atoms with Gasteiger partial charge >= 0.3 is 0 Å². The molecule has 2 saturated carbocycles. The number of anilines is 1. The summed E-state index contributed by atoms with van der Waals surface area (Å²) in [5.41, 5.74) is 1.36. The molecule has 0 aliphatic heterocycles. The monoisotopic (exact) mass is 259 g/mol. The highest BCUT2D eigenvalue weighted by Gasteiger charge is 2.34. The third kappa shape index (κ3) is 3.69. The lowest BCUT2D eigenvalue weighted by atomic mass is 10.2. The molecule has 0 aromatic carbocycles. The van der Waals surface area contributed by atoms with E-state index in [2.05, 4.69) is 34.3 Å². The number of aromatic nitrogens is 1. The number of rotatable bonds is 8. The highest BCUT2D eigenvalue weighted by Crippen LogP contribution is 2.37. The summed E-state index contributed by atoms with van der Waals surface area (Å²) in [5, 5.41) is 3.47. The molecule has 2 aliphatic carbocycles. The number of nitrogens with zero attached hydrogens (tertiary/aromatic N) is 2. The van der Waals surface area contributed by atoms with Crippen molar-refractivity contribution in [1.29, 1.82) is 0 Å². The van der Waals surface area contributed by atoms with Gasteiger partial charge in [-0.05, 0) is 62.3 Å². The van der Waals surface area contributed by atoms with Crippen LogP contribution in [0.25, 0.3) is 0 Å². The fourth-order valence-corrected chi connectivity index (χ4v) is 2.53. The van der Waals surface area contributed by atoms with E-state index in [1.54, 1.807) is 0 Å². The lowest BCUT2D eigenvalue weighted by molar-refractivity contribution is 0.672. The summed E-state index contributed by atoms with van der Waals surface area (Å²) in [5.74, 6) is 2.13. The molecule has 0 spiro atoms. The van der Waals surface area contributed by atoms with Crippen LogP contribution in [0.1, 0.15) is 44.6 Å². The first-order valence-corrected chi connectivity index (χ1v) is 7.79. The standard InChI is InChI=1S/C16H25N3/c1-2-8-17-11-14-7-9-18-16(10-14)19(15-5-6-15)12-13-3-4-13/h7,9-10,13,15,17H,2-6,8,11-12H2,1H3. The van der Waals surface area contributed by atoms with E-state index in [9.17, 15) is 0 Å². The van der Waals surface area contributed by atoms with E-state index in [0.29, 0.717) is 0 Å². The van der Waals surface area contributed by atoms with Gasteiger partial charge < -0.3 is 10.2 Å². The summed E-state index contributed by atoms with van der Waals surface area (Å²) >= 11 is 0. The molecular weight excluding hydrogens is 234 g/mol. The van der Waals surface area contributed by atoms with E-state index in [4.69, 9.17) is 0 Å². The summed E-state index contributed by atoms with van der Waals surface area (Å²) in [4.78, 5) is 7.16. The molecule has 1 aromatic heterocycles. The maximum Gasteiger partial charge on any atom is 0.129 e. The molecule has 0 bridgehead atoms. The predicted octanol–water partition coefficient (Wildman–Crippen LogP) is 2.96. The van der Waals surface area contributed by atoms with Crippen LogP contribution in [-0.2, 0) is 6.54 Å². The summed E-state index contributed by atoms with van der Waals surface area (Å²) in [6.07, 6.45) is 8.70. The minimum Gasteiger partial charge on any atom is -0.353 e. The maximum absolute atomic E-state index is 4.61. The van der Waals surface area contributed by atoms with Gasteiger partial charge in [-0.2, -0.15) is 0 Å². The van der Waals surface area contributed by atoms with Crippen LogP contribution in [0.2, 0.25) is 0 Å². The largest absolute Gasteiger partial charge is 0.353 e. The van der Waals surface area contributed by atoms with Crippen molar-refractivity contribution in [3.05, 3.63) is 23.9 Å². The van der Waals surface area contributed by atoms with Gasteiger partial charge in [0.15, 0.2) is 0 Å². The van der Waals surface area contributed by atoms with E-state index >= 15 is 0 Å². The van der Waals surface area contributed by atoms with Gasteiger partial charge in [-0.3, -0.25) is 0 Å². The third-order valence-corrected chi connectivity index (χ3v) is 4.00. The highest BCUT2D eigenvalue weighted by molar-refractivity contribution is 5.44. The minimum atomic E-state index is 0.770. The van der Waals surface area contributed by atoms with Crippen molar-refractivity contribution in [2.45, 2.75) is 51.6 Å². The molecular formula is C16H25N3. The normalized spacial score (nSPS) is 18.6. The number of hydrogen-bond acceptors (Lipinski definition) is 3. The smallest absolute Gasteiger partial charge is 0.129 e. The molecule has 0 atom stereocenters. The zero-order valence-corrected chi connectivity index (χ0v) is 11.9. The van der Waals surface area contributed by atoms with Crippen LogP contribution in [0.15, 0.2) is 18.3 Å². The molecule has 0 saturated heterocycles. The van der Waals surface area contributed by atoms with E-state index in [-0.39, 0.29) is 0 Å². The van der Waals surface area contributed by atoms with Gasteiger partial charge in [-0.15, -0.1) is 0 Å². The van der Waals surface area contributed by atoms with Gasteiger partial charge in [-0.25, -0.2) is 4.98 Å². The Morgan fingerprint density at radius 3 is 2.84 bits per heavy atom. The Morgan fingerprint density at radius 1 is 1.32 bits per heavy atom. The van der Waals surface area contributed by atoms with Crippen molar-refractivity contribution < 1.29 is 0 Å². The number of nitrogens with one attached hydrogen (secondary N) is 1. The fourth-order valence-electron chi connectivity index (χ4n) is 2.53. The van der Waals surface area contributed by atoms with Crippen LogP contribution in [0.3, 0.4) is 0 Å². The summed E-state index contributed by atoms with van der Waals surface area (Å²) < 4.78 is 0. The van der Waals surface area contributed by atoms with Crippen LogP contribution in [0.5, 0.6) is 0 Å². The molecule has 0 radical (unpaired) electrons. The SMILES string of the molecule is CCCNCc1ccnc(N(CC2CC2)C2CC2)c1. The summed E-state index contributed by atoms with van der Waals surface area (Å²) in [7, 11) is 0. The number of pyridine rings is 1. The molecule has 2 fully saturated rings. The Labute approximate surface area is 116 Å². The molecule has 0 amide bonds. The van der Waals surface area contributed by atoms with E-state index in [1.165, 1.54) is 50.0 Å². The van der Waals surface area contributed by atoms with Crippen molar-refractivity contribution in [2.75, 3.05) is 18.0 Å². The Balaban J connectivity index is 1.65. The van der Waals surface area contributed by atoms with Gasteiger partial charge in [0, 0.05) is 25.3 Å². The lowest BCUT2D eigenvalue weighted by Crippen LogP contribution is -2.29. The van der Waals surface area contributed by atoms with Gasteiger partial charge in [0.2, 0.25) is 0 Å². The predicted molar refractivity (Wildman–Crippen MR) is 79.3 cm³/mol. The topological polar surface area (TPSA) is 28.2 Å². The molecule has 3 nitrogen and oxygen atoms in total. The molecule has 2 aliphatic rings. The Morgan fingerprint density at radius 2 is 2.16 bits per heavy atom. The first kappa shape index (κ1) is 12.9. The van der Waals surface area contributed by atoms with Crippen LogP contribution < -0.4 is 10.2 Å². The van der Waals surface area contributed by atoms with Crippen molar-refractivity contribution in [3.8, 4) is 0 Å². The van der Waals surface area contributed by atoms with Gasteiger partial charge in [-0.1, -0.05) is 6.92 Å². The van der Waals surface area contributed by atoms with Crippen molar-refractivity contribution in [2.24, 2.45) is 5.92 Å². The second-order valence-corrected chi connectivity index (χ2v) is 6.03. The molecule has 1 heterocycles. The van der Waals surface area contributed by atoms with Crippen LogP contribution in [0, 0.1) is 5.92 Å². The van der Waals surface area contributed by atoms with E-state index < -0.39 is 0 Å². The minimum absolute atomic E-state index is 0.770. The third-order valence-electron chi connectivity index (χ3n) is 4.00. The fraction of sp³-hybridized carbons (Fsp3) is 0.688. The molecule has 0 unspecified atom stereocenters. The molecule has 1 N–H and O–H groups in total. The Hall–Kier alpha value is -1.09. The second-order valence-electron chi connectivity index (χ2n) is 6.03. The average Bonchev–Trinajstić information content (AvgIpc) is 3.29. The van der Waals surface area contributed by atoms with Crippen molar-refractivity contribution in [1.82, 2.24) is 10.3 Å². The van der Waals surface area contributed by atoms with E-state index in [1.807, 2.05) is 6.20 Å². The van der Waals surface area contributed by atoms with Crippen molar-refractivity contribution in [3.63, 3.8) is 0 Å². The van der Waals surface area contributed by atoms with Gasteiger partial charge in [0.05, 0.1) is 0 Å².